The number of hydrogen-bond acceptors (Lipinski definition) is 4. The second-order valence-electron chi connectivity index (χ2n) is 5.26. The molecule has 1 aromatic rings. The molecular weight excluding hydrogens is 244 g/mol. The monoisotopic (exact) mass is 268 g/mol. The van der Waals surface area contributed by atoms with Crippen LogP contribution in [-0.4, -0.2) is 35.2 Å². The van der Waals surface area contributed by atoms with Crippen molar-refractivity contribution in [2.45, 2.75) is 50.7 Å². The molecule has 18 heavy (non-hydrogen) atoms. The molecule has 0 bridgehead atoms. The zero-order chi connectivity index (χ0) is 13.0. The van der Waals surface area contributed by atoms with Crippen LogP contribution in [0.25, 0.3) is 0 Å². The highest BCUT2D eigenvalue weighted by molar-refractivity contribution is 7.07. The van der Waals surface area contributed by atoms with Gasteiger partial charge < -0.3 is 10.8 Å². The summed E-state index contributed by atoms with van der Waals surface area (Å²) in [5, 5.41) is 13.6. The number of aliphatic hydroxyl groups is 1. The van der Waals surface area contributed by atoms with Gasteiger partial charge in [0.2, 0.25) is 0 Å². The van der Waals surface area contributed by atoms with Crippen LogP contribution in [0.15, 0.2) is 16.8 Å². The van der Waals surface area contributed by atoms with E-state index in [4.69, 9.17) is 5.73 Å². The fourth-order valence-electron chi connectivity index (χ4n) is 3.14. The molecular formula is C14H24N2OS. The molecule has 0 aromatic carbocycles. The minimum absolute atomic E-state index is 0.0896. The largest absolute Gasteiger partial charge is 0.395 e. The van der Waals surface area contributed by atoms with Crippen molar-refractivity contribution >= 4 is 11.3 Å². The molecule has 0 radical (unpaired) electrons. The molecule has 1 aliphatic rings. The Morgan fingerprint density at radius 2 is 2.22 bits per heavy atom. The van der Waals surface area contributed by atoms with E-state index >= 15 is 0 Å². The van der Waals surface area contributed by atoms with E-state index in [0.717, 1.165) is 6.54 Å². The van der Waals surface area contributed by atoms with Gasteiger partial charge in [0.05, 0.1) is 12.6 Å². The van der Waals surface area contributed by atoms with Crippen molar-refractivity contribution in [3.05, 3.63) is 22.4 Å². The molecule has 4 heteroatoms. The van der Waals surface area contributed by atoms with Crippen molar-refractivity contribution in [3.63, 3.8) is 0 Å². The predicted molar refractivity (Wildman–Crippen MR) is 76.8 cm³/mol. The van der Waals surface area contributed by atoms with E-state index in [9.17, 15) is 5.11 Å². The van der Waals surface area contributed by atoms with E-state index in [1.165, 1.54) is 31.2 Å². The van der Waals surface area contributed by atoms with Gasteiger partial charge in [-0.25, -0.2) is 0 Å². The minimum Gasteiger partial charge on any atom is -0.395 e. The van der Waals surface area contributed by atoms with Gasteiger partial charge in [-0.1, -0.05) is 12.8 Å². The highest BCUT2D eigenvalue weighted by Gasteiger charge is 2.31. The second kappa shape index (κ2) is 6.66. The summed E-state index contributed by atoms with van der Waals surface area (Å²) in [4.78, 5) is 2.43. The summed E-state index contributed by atoms with van der Waals surface area (Å²) in [7, 11) is 0. The summed E-state index contributed by atoms with van der Waals surface area (Å²) in [6.07, 6.45) is 5.10. The van der Waals surface area contributed by atoms with Crippen LogP contribution in [0.3, 0.4) is 0 Å². The molecule has 0 amide bonds. The molecule has 1 fully saturated rings. The normalized spacial score (nSPS) is 20.4. The number of nitrogens with two attached hydrogens (primary N) is 1. The van der Waals surface area contributed by atoms with E-state index in [2.05, 4.69) is 28.7 Å². The van der Waals surface area contributed by atoms with Gasteiger partial charge in [-0.2, -0.15) is 11.3 Å². The Kier molecular flexibility index (Phi) is 5.18. The first kappa shape index (κ1) is 14.0. The molecule has 0 spiro atoms. The lowest BCUT2D eigenvalue weighted by atomic mass is 9.99. The lowest BCUT2D eigenvalue weighted by Gasteiger charge is -2.38. The Bertz CT molecular complexity index is 334. The summed E-state index contributed by atoms with van der Waals surface area (Å²) in [6, 6.07) is 3.09. The summed E-state index contributed by atoms with van der Waals surface area (Å²) < 4.78 is 0. The number of nitrogens with zero attached hydrogens (tertiary/aromatic N) is 1. The van der Waals surface area contributed by atoms with Crippen LogP contribution in [0.2, 0.25) is 0 Å². The lowest BCUT2D eigenvalue weighted by Crippen LogP contribution is -2.45. The van der Waals surface area contributed by atoms with Crippen molar-refractivity contribution in [2.75, 3.05) is 13.2 Å². The Morgan fingerprint density at radius 3 is 2.72 bits per heavy atom. The topological polar surface area (TPSA) is 49.5 Å². The molecule has 2 unspecified atom stereocenters. The molecule has 3 N–H and O–H groups in total. The molecule has 2 rings (SSSR count). The molecule has 0 aliphatic heterocycles. The number of hydrogen-bond donors (Lipinski definition) is 2. The van der Waals surface area contributed by atoms with Crippen LogP contribution in [0.4, 0.5) is 0 Å². The van der Waals surface area contributed by atoms with Gasteiger partial charge in [-0.3, -0.25) is 4.90 Å². The molecule has 3 nitrogen and oxygen atoms in total. The average Bonchev–Trinajstić information content (AvgIpc) is 3.01. The quantitative estimate of drug-likeness (QED) is 0.833. The second-order valence-corrected chi connectivity index (χ2v) is 6.04. The zero-order valence-corrected chi connectivity index (χ0v) is 11.9. The van der Waals surface area contributed by atoms with E-state index in [1.54, 1.807) is 11.3 Å². The third-order valence-corrected chi connectivity index (χ3v) is 4.59. The molecule has 1 aliphatic carbocycles. The van der Waals surface area contributed by atoms with E-state index in [-0.39, 0.29) is 18.7 Å². The van der Waals surface area contributed by atoms with Gasteiger partial charge in [-0.05, 0) is 42.2 Å². The van der Waals surface area contributed by atoms with Crippen LogP contribution < -0.4 is 5.73 Å². The summed E-state index contributed by atoms with van der Waals surface area (Å²) >= 11 is 1.72. The maximum atomic E-state index is 9.35. The fraction of sp³-hybridized carbons (Fsp3) is 0.714. The maximum absolute atomic E-state index is 9.35. The third-order valence-electron chi connectivity index (χ3n) is 3.89. The molecule has 1 aromatic heterocycles. The summed E-state index contributed by atoms with van der Waals surface area (Å²) in [6.45, 7) is 3.01. The zero-order valence-electron chi connectivity index (χ0n) is 11.1. The van der Waals surface area contributed by atoms with Crippen LogP contribution in [0.5, 0.6) is 0 Å². The van der Waals surface area contributed by atoms with Gasteiger partial charge in [0, 0.05) is 18.6 Å². The van der Waals surface area contributed by atoms with E-state index in [1.807, 2.05) is 0 Å². The first-order chi connectivity index (χ1) is 8.74. The predicted octanol–water partition coefficient (Wildman–Crippen LogP) is 2.37. The minimum atomic E-state index is 0.0896. The van der Waals surface area contributed by atoms with Crippen molar-refractivity contribution in [1.29, 1.82) is 0 Å². The van der Waals surface area contributed by atoms with E-state index in [0.29, 0.717) is 6.04 Å². The first-order valence-electron chi connectivity index (χ1n) is 6.88. The Labute approximate surface area is 114 Å². The molecule has 1 saturated carbocycles. The average molecular weight is 268 g/mol. The van der Waals surface area contributed by atoms with E-state index < -0.39 is 0 Å². The summed E-state index contributed by atoms with van der Waals surface area (Å²) in [5.41, 5.74) is 7.51. The van der Waals surface area contributed by atoms with Crippen molar-refractivity contribution < 1.29 is 5.11 Å². The molecule has 0 saturated heterocycles. The van der Waals surface area contributed by atoms with Gasteiger partial charge in [0.1, 0.15) is 0 Å². The van der Waals surface area contributed by atoms with Crippen molar-refractivity contribution in [1.82, 2.24) is 4.90 Å². The Hall–Kier alpha value is -0.420. The van der Waals surface area contributed by atoms with Gasteiger partial charge >= 0.3 is 0 Å². The SMILES string of the molecule is CC(N)C(c1ccsc1)N(CCO)C1CCCC1. The van der Waals surface area contributed by atoms with Gasteiger partial charge in [-0.15, -0.1) is 0 Å². The number of rotatable bonds is 6. The molecule has 102 valence electrons. The van der Waals surface area contributed by atoms with Crippen LogP contribution in [-0.2, 0) is 0 Å². The number of aliphatic hydroxyl groups excluding tert-OH is 1. The Balaban J connectivity index is 2.19. The van der Waals surface area contributed by atoms with Crippen molar-refractivity contribution in [2.24, 2.45) is 5.73 Å². The lowest BCUT2D eigenvalue weighted by molar-refractivity contribution is 0.0924. The van der Waals surface area contributed by atoms with Gasteiger partial charge in [0.25, 0.3) is 0 Å². The number of thiophene rings is 1. The van der Waals surface area contributed by atoms with Crippen molar-refractivity contribution in [3.8, 4) is 0 Å². The molecule has 1 heterocycles. The maximum Gasteiger partial charge on any atom is 0.0558 e. The van der Waals surface area contributed by atoms with Crippen LogP contribution in [0.1, 0.15) is 44.2 Å². The highest BCUT2D eigenvalue weighted by atomic mass is 32.1. The van der Waals surface area contributed by atoms with Crippen LogP contribution in [0, 0.1) is 0 Å². The third kappa shape index (κ3) is 3.12. The Morgan fingerprint density at radius 1 is 1.50 bits per heavy atom. The standard InChI is InChI=1S/C14H24N2OS/c1-11(15)14(12-6-9-18-10-12)16(7-8-17)13-4-2-3-5-13/h6,9-11,13-14,17H,2-5,7-8,15H2,1H3. The molecule has 2 atom stereocenters. The van der Waals surface area contributed by atoms with Crippen LogP contribution >= 0.6 is 11.3 Å². The fourth-order valence-corrected chi connectivity index (χ4v) is 3.83. The summed E-state index contributed by atoms with van der Waals surface area (Å²) in [5.74, 6) is 0. The van der Waals surface area contributed by atoms with Gasteiger partial charge in [0.15, 0.2) is 0 Å². The first-order valence-corrected chi connectivity index (χ1v) is 7.82. The highest BCUT2D eigenvalue weighted by Crippen LogP contribution is 2.33. The smallest absolute Gasteiger partial charge is 0.0558 e.